The van der Waals surface area contributed by atoms with Crippen molar-refractivity contribution in [2.45, 2.75) is 53.1 Å². The van der Waals surface area contributed by atoms with E-state index in [9.17, 15) is 9.59 Å². The second kappa shape index (κ2) is 12.5. The zero-order valence-electron chi connectivity index (χ0n) is 24.0. The number of hydrogen-bond donors (Lipinski definition) is 2. The number of fused-ring (bicyclic) bond motifs is 1. The van der Waals surface area contributed by atoms with Crippen molar-refractivity contribution in [1.29, 1.82) is 0 Å². The van der Waals surface area contributed by atoms with Gasteiger partial charge in [0.1, 0.15) is 0 Å². The van der Waals surface area contributed by atoms with Gasteiger partial charge < -0.3 is 15.5 Å². The number of pyridine rings is 1. The molecule has 2 aromatic heterocycles. The highest BCUT2D eigenvalue weighted by molar-refractivity contribution is 6.07. The van der Waals surface area contributed by atoms with E-state index in [4.69, 9.17) is 4.98 Å². The molecule has 0 bridgehead atoms. The first kappa shape index (κ1) is 28.4. The number of benzene rings is 1. The van der Waals surface area contributed by atoms with Crippen LogP contribution in [0.15, 0.2) is 59.3 Å². The van der Waals surface area contributed by atoms with Gasteiger partial charge in [0, 0.05) is 36.7 Å². The number of nitrogens with zero attached hydrogens (tertiary/aromatic N) is 4. The summed E-state index contributed by atoms with van der Waals surface area (Å²) in [6.45, 7) is 10.9. The zero-order chi connectivity index (χ0) is 28.1. The molecule has 1 aliphatic carbocycles. The van der Waals surface area contributed by atoms with Crippen LogP contribution in [0.5, 0.6) is 0 Å². The van der Waals surface area contributed by atoms with E-state index in [-0.39, 0.29) is 24.3 Å². The van der Waals surface area contributed by atoms with Crippen molar-refractivity contribution in [2.75, 3.05) is 33.7 Å². The van der Waals surface area contributed by atoms with Crippen LogP contribution in [0.4, 0.5) is 0 Å². The van der Waals surface area contributed by atoms with Crippen LogP contribution >= 0.6 is 0 Å². The third-order valence-electron chi connectivity index (χ3n) is 6.95. The number of aromatic nitrogens is 3. The van der Waals surface area contributed by atoms with Gasteiger partial charge in [0.05, 0.1) is 22.8 Å². The number of hydrogen-bond acceptors (Lipinski definition) is 6. The Kier molecular flexibility index (Phi) is 9.09. The topological polar surface area (TPSA) is 92.2 Å². The van der Waals surface area contributed by atoms with Gasteiger partial charge in [0.2, 0.25) is 0 Å². The number of Topliss-reactive ketones (excluding diaryl/α,β-unsaturated/α-hetero) is 1. The van der Waals surface area contributed by atoms with Crippen molar-refractivity contribution < 1.29 is 9.59 Å². The predicted octanol–water partition coefficient (Wildman–Crippen LogP) is 4.69. The summed E-state index contributed by atoms with van der Waals surface area (Å²) in [6, 6.07) is 10.2. The van der Waals surface area contributed by atoms with E-state index in [2.05, 4.69) is 46.9 Å². The smallest absolute Gasteiger partial charge is 0.252 e. The fraction of sp³-hybridized carbons (Fsp3) is 0.419. The van der Waals surface area contributed by atoms with Gasteiger partial charge in [0.25, 0.3) is 5.91 Å². The number of rotatable bonds is 11. The van der Waals surface area contributed by atoms with Crippen LogP contribution in [0, 0.1) is 0 Å². The maximum absolute atomic E-state index is 13.5. The average molecular weight is 529 g/mol. The van der Waals surface area contributed by atoms with Crippen molar-refractivity contribution in [2.24, 2.45) is 0 Å². The van der Waals surface area contributed by atoms with Crippen molar-refractivity contribution in [3.05, 3.63) is 70.5 Å². The lowest BCUT2D eigenvalue weighted by atomic mass is 9.92. The molecule has 1 amide bonds. The number of ketones is 1. The van der Waals surface area contributed by atoms with E-state index < -0.39 is 0 Å². The predicted molar refractivity (Wildman–Crippen MR) is 157 cm³/mol. The number of carbonyl (C=O) groups excluding carboxylic acids is 2. The highest BCUT2D eigenvalue weighted by Gasteiger charge is 2.21. The fourth-order valence-electron chi connectivity index (χ4n) is 4.91. The third-order valence-corrected chi connectivity index (χ3v) is 6.95. The minimum Gasteiger partial charge on any atom is -0.348 e. The first-order chi connectivity index (χ1) is 18.6. The molecule has 0 spiro atoms. The highest BCUT2D eigenvalue weighted by Crippen LogP contribution is 2.27. The molecule has 0 unspecified atom stereocenters. The van der Waals surface area contributed by atoms with E-state index in [1.807, 2.05) is 56.7 Å². The Bertz CT molecular complexity index is 1430. The first-order valence-corrected chi connectivity index (χ1v) is 13.7. The van der Waals surface area contributed by atoms with Crippen molar-refractivity contribution in [1.82, 2.24) is 30.3 Å². The largest absolute Gasteiger partial charge is 0.348 e. The Balaban J connectivity index is 1.62. The van der Waals surface area contributed by atoms with Gasteiger partial charge in [-0.1, -0.05) is 29.8 Å². The monoisotopic (exact) mass is 528 g/mol. The Morgan fingerprint density at radius 1 is 1.15 bits per heavy atom. The number of carbonyl (C=O) groups is 2. The van der Waals surface area contributed by atoms with E-state index >= 15 is 0 Å². The van der Waals surface area contributed by atoms with E-state index in [1.165, 1.54) is 0 Å². The average Bonchev–Trinajstić information content (AvgIpc) is 3.31. The van der Waals surface area contributed by atoms with Crippen molar-refractivity contribution in [3.8, 4) is 11.3 Å². The Labute approximate surface area is 231 Å². The lowest BCUT2D eigenvalue weighted by molar-refractivity contribution is -0.115. The number of amides is 1. The molecule has 0 fully saturated rings. The summed E-state index contributed by atoms with van der Waals surface area (Å²) in [5.41, 5.74) is 6.59. The summed E-state index contributed by atoms with van der Waals surface area (Å²) in [5, 5.41) is 11.7. The molecule has 2 heterocycles. The standard InChI is InChI=1S/C31H40N6O2/c1-20(2)37-30-27(19-34-37)25(31(39)33-18-26-22(4)13-21(3)14-29(26)38)16-28(35-30)24-10-7-9-23(15-24)17-32-11-8-12-36(5)6/h7,9-10,13,15-16,19-20,32H,8,11-12,14,17-18H2,1-6H3,(H,33,39). The Morgan fingerprint density at radius 3 is 2.67 bits per heavy atom. The van der Waals surface area contributed by atoms with E-state index in [0.717, 1.165) is 48.3 Å². The summed E-state index contributed by atoms with van der Waals surface area (Å²) in [5.74, 6) is -0.182. The van der Waals surface area contributed by atoms with Crippen LogP contribution in [-0.4, -0.2) is 65.1 Å². The molecule has 1 aliphatic rings. The van der Waals surface area contributed by atoms with Gasteiger partial charge in [0.15, 0.2) is 11.4 Å². The summed E-state index contributed by atoms with van der Waals surface area (Å²) < 4.78 is 1.84. The minimum absolute atomic E-state index is 0.0631. The van der Waals surface area contributed by atoms with Crippen LogP contribution < -0.4 is 10.6 Å². The SMILES string of the molecule is CC1=CC(C)=C(CNC(=O)c2cc(-c3cccc(CNCCCN(C)C)c3)nc3c2cnn3C(C)C)C(=O)C1. The van der Waals surface area contributed by atoms with Gasteiger partial charge in [-0.05, 0) is 84.6 Å². The fourth-order valence-corrected chi connectivity index (χ4v) is 4.91. The van der Waals surface area contributed by atoms with Crippen LogP contribution in [0.1, 0.15) is 62.5 Å². The molecule has 0 atom stereocenters. The highest BCUT2D eigenvalue weighted by atomic mass is 16.2. The molecule has 0 radical (unpaired) electrons. The van der Waals surface area contributed by atoms with E-state index in [0.29, 0.717) is 34.3 Å². The molecular formula is C31H40N6O2. The van der Waals surface area contributed by atoms with Gasteiger partial charge >= 0.3 is 0 Å². The summed E-state index contributed by atoms with van der Waals surface area (Å²) in [4.78, 5) is 33.2. The lowest BCUT2D eigenvalue weighted by Crippen LogP contribution is -2.29. The molecular weight excluding hydrogens is 488 g/mol. The molecule has 0 saturated carbocycles. The first-order valence-electron chi connectivity index (χ1n) is 13.7. The Morgan fingerprint density at radius 2 is 1.95 bits per heavy atom. The van der Waals surface area contributed by atoms with Gasteiger partial charge in [-0.2, -0.15) is 5.10 Å². The lowest BCUT2D eigenvalue weighted by Gasteiger charge is -2.16. The van der Waals surface area contributed by atoms with Crippen molar-refractivity contribution in [3.63, 3.8) is 0 Å². The van der Waals surface area contributed by atoms with E-state index in [1.54, 1.807) is 6.20 Å². The Hall–Kier alpha value is -3.62. The molecule has 0 aliphatic heterocycles. The molecule has 0 saturated heterocycles. The van der Waals surface area contributed by atoms with Crippen molar-refractivity contribution >= 4 is 22.7 Å². The van der Waals surface area contributed by atoms with Crippen LogP contribution in [0.25, 0.3) is 22.3 Å². The van der Waals surface area contributed by atoms with Gasteiger partial charge in [-0.25, -0.2) is 9.67 Å². The molecule has 4 rings (SSSR count). The maximum atomic E-state index is 13.5. The number of allylic oxidation sites excluding steroid dienone is 3. The second-order valence-corrected chi connectivity index (χ2v) is 10.9. The quantitative estimate of drug-likeness (QED) is 0.351. The second-order valence-electron chi connectivity index (χ2n) is 10.9. The maximum Gasteiger partial charge on any atom is 0.252 e. The van der Waals surface area contributed by atoms with Crippen LogP contribution in [0.3, 0.4) is 0 Å². The number of nitrogens with one attached hydrogen (secondary N) is 2. The molecule has 8 heteroatoms. The molecule has 39 heavy (non-hydrogen) atoms. The molecule has 1 aromatic carbocycles. The third kappa shape index (κ3) is 6.88. The molecule has 206 valence electrons. The van der Waals surface area contributed by atoms with Crippen LogP contribution in [0.2, 0.25) is 0 Å². The molecule has 8 nitrogen and oxygen atoms in total. The summed E-state index contributed by atoms with van der Waals surface area (Å²) in [6.07, 6.45) is 5.20. The van der Waals surface area contributed by atoms with Crippen LogP contribution in [-0.2, 0) is 11.3 Å². The summed E-state index contributed by atoms with van der Waals surface area (Å²) in [7, 11) is 4.16. The van der Waals surface area contributed by atoms with Gasteiger partial charge in [-0.3, -0.25) is 9.59 Å². The summed E-state index contributed by atoms with van der Waals surface area (Å²) >= 11 is 0. The van der Waals surface area contributed by atoms with Gasteiger partial charge in [-0.15, -0.1) is 0 Å². The minimum atomic E-state index is -0.245. The molecule has 2 N–H and O–H groups in total. The normalized spacial score (nSPS) is 14.1. The zero-order valence-corrected chi connectivity index (χ0v) is 24.0. The molecule has 3 aromatic rings.